The summed E-state index contributed by atoms with van der Waals surface area (Å²) in [5.41, 5.74) is 3.01. The highest BCUT2D eigenvalue weighted by atomic mass is 16.7. The molecular weight excluding hydrogens is 322 g/mol. The summed E-state index contributed by atoms with van der Waals surface area (Å²) >= 11 is 0. The summed E-state index contributed by atoms with van der Waals surface area (Å²) < 4.78 is 0. The topological polar surface area (TPSA) is 87.7 Å². The van der Waals surface area contributed by atoms with Crippen LogP contribution in [0.25, 0.3) is 0 Å². The van der Waals surface area contributed by atoms with Crippen LogP contribution in [-0.4, -0.2) is 23.1 Å². The second-order valence-electron chi connectivity index (χ2n) is 5.48. The molecule has 0 aliphatic heterocycles. The SMILES string of the molecule is CC(=O)N(OC(=O)Nc1ccc(C)cc1)C(=O)Nc1ccc(C)cc1. The van der Waals surface area contributed by atoms with Crippen molar-refractivity contribution in [2.75, 3.05) is 10.6 Å². The second-order valence-corrected chi connectivity index (χ2v) is 5.48. The van der Waals surface area contributed by atoms with E-state index >= 15 is 0 Å². The Bertz CT molecular complexity index is 770. The fourth-order valence-electron chi connectivity index (χ4n) is 1.92. The van der Waals surface area contributed by atoms with Crippen LogP contribution in [0.2, 0.25) is 0 Å². The lowest BCUT2D eigenvalue weighted by atomic mass is 10.2. The number of imide groups is 1. The molecule has 4 amide bonds. The molecule has 0 bridgehead atoms. The molecule has 0 unspecified atom stereocenters. The third-order valence-electron chi connectivity index (χ3n) is 3.25. The minimum atomic E-state index is -0.946. The fourth-order valence-corrected chi connectivity index (χ4v) is 1.92. The standard InChI is InChI=1S/C18H19N3O4/c1-12-4-8-15(9-5-12)19-17(23)21(14(3)22)25-18(24)20-16-10-6-13(2)7-11-16/h4-11H,1-3H3,(H,19,23)(H,20,24). The molecule has 0 saturated carbocycles. The molecule has 0 atom stereocenters. The van der Waals surface area contributed by atoms with Gasteiger partial charge < -0.3 is 10.2 Å². The van der Waals surface area contributed by atoms with Gasteiger partial charge in [0.05, 0.1) is 0 Å². The van der Waals surface area contributed by atoms with Crippen LogP contribution >= 0.6 is 0 Å². The number of benzene rings is 2. The molecule has 0 radical (unpaired) electrons. The number of urea groups is 1. The van der Waals surface area contributed by atoms with E-state index in [4.69, 9.17) is 4.84 Å². The van der Waals surface area contributed by atoms with Crippen LogP contribution in [-0.2, 0) is 9.63 Å². The predicted octanol–water partition coefficient (Wildman–Crippen LogP) is 3.85. The van der Waals surface area contributed by atoms with Crippen molar-refractivity contribution in [3.63, 3.8) is 0 Å². The van der Waals surface area contributed by atoms with Gasteiger partial charge in [0.15, 0.2) is 0 Å². The number of anilines is 2. The highest BCUT2D eigenvalue weighted by molar-refractivity contribution is 6.00. The molecular formula is C18H19N3O4. The summed E-state index contributed by atoms with van der Waals surface area (Å²) in [7, 11) is 0. The Morgan fingerprint density at radius 2 is 1.24 bits per heavy atom. The summed E-state index contributed by atoms with van der Waals surface area (Å²) in [6.45, 7) is 4.94. The summed E-state index contributed by atoms with van der Waals surface area (Å²) in [4.78, 5) is 40.5. The van der Waals surface area contributed by atoms with Crippen LogP contribution in [0.15, 0.2) is 48.5 Å². The number of nitrogens with one attached hydrogen (secondary N) is 2. The Hall–Kier alpha value is -3.35. The number of rotatable bonds is 2. The Morgan fingerprint density at radius 3 is 1.68 bits per heavy atom. The minimum absolute atomic E-state index is 0.364. The van der Waals surface area contributed by atoms with Crippen LogP contribution in [0.1, 0.15) is 18.1 Å². The molecule has 0 aliphatic carbocycles. The Labute approximate surface area is 145 Å². The number of nitrogens with zero attached hydrogens (tertiary/aromatic N) is 1. The van der Waals surface area contributed by atoms with E-state index in [-0.39, 0.29) is 0 Å². The maximum atomic E-state index is 12.2. The normalized spacial score (nSPS) is 9.88. The van der Waals surface area contributed by atoms with Crippen molar-refractivity contribution in [2.24, 2.45) is 0 Å². The van der Waals surface area contributed by atoms with E-state index in [1.165, 1.54) is 0 Å². The van der Waals surface area contributed by atoms with Gasteiger partial charge in [0.2, 0.25) is 0 Å². The Kier molecular flexibility index (Phi) is 5.73. The number of aryl methyl sites for hydroxylation is 2. The maximum Gasteiger partial charge on any atom is 0.436 e. The zero-order valence-electron chi connectivity index (χ0n) is 14.2. The van der Waals surface area contributed by atoms with E-state index in [0.29, 0.717) is 16.4 Å². The monoisotopic (exact) mass is 341 g/mol. The van der Waals surface area contributed by atoms with Gasteiger partial charge in [-0.15, -0.1) is 0 Å². The second kappa shape index (κ2) is 7.96. The van der Waals surface area contributed by atoms with Crippen LogP contribution in [0.3, 0.4) is 0 Å². The van der Waals surface area contributed by atoms with E-state index < -0.39 is 18.0 Å². The van der Waals surface area contributed by atoms with E-state index in [1.807, 2.05) is 26.0 Å². The average Bonchev–Trinajstić information content (AvgIpc) is 2.56. The molecule has 0 aromatic heterocycles. The van der Waals surface area contributed by atoms with Gasteiger partial charge in [-0.25, -0.2) is 9.59 Å². The van der Waals surface area contributed by atoms with Gasteiger partial charge >= 0.3 is 12.1 Å². The molecule has 0 spiro atoms. The maximum absolute atomic E-state index is 12.2. The van der Waals surface area contributed by atoms with Gasteiger partial charge in [0.1, 0.15) is 0 Å². The lowest BCUT2D eigenvalue weighted by Crippen LogP contribution is -2.41. The number of carbonyl (C=O) groups is 3. The molecule has 0 saturated heterocycles. The van der Waals surface area contributed by atoms with Crippen LogP contribution in [0.5, 0.6) is 0 Å². The first-order valence-corrected chi connectivity index (χ1v) is 7.59. The summed E-state index contributed by atoms with van der Waals surface area (Å²) in [6.07, 6.45) is -0.946. The van der Waals surface area contributed by atoms with Crippen LogP contribution in [0, 0.1) is 13.8 Å². The summed E-state index contributed by atoms with van der Waals surface area (Å²) in [5.74, 6) is -0.733. The molecule has 130 valence electrons. The van der Waals surface area contributed by atoms with Crippen molar-refractivity contribution in [1.29, 1.82) is 0 Å². The number of hydrogen-bond acceptors (Lipinski definition) is 4. The molecule has 0 heterocycles. The van der Waals surface area contributed by atoms with Gasteiger partial charge in [-0.1, -0.05) is 40.5 Å². The first kappa shape index (κ1) is 18.0. The van der Waals surface area contributed by atoms with Crippen molar-refractivity contribution in [1.82, 2.24) is 5.06 Å². The highest BCUT2D eigenvalue weighted by Gasteiger charge is 2.23. The number of hydrogen-bond donors (Lipinski definition) is 2. The summed E-state index contributed by atoms with van der Waals surface area (Å²) in [5, 5.41) is 5.30. The average molecular weight is 341 g/mol. The van der Waals surface area contributed by atoms with Crippen LogP contribution in [0.4, 0.5) is 21.0 Å². The van der Waals surface area contributed by atoms with Gasteiger partial charge in [0, 0.05) is 18.3 Å². The molecule has 2 rings (SSSR count). The third-order valence-corrected chi connectivity index (χ3v) is 3.25. The fraction of sp³-hybridized carbons (Fsp3) is 0.167. The molecule has 0 fully saturated rings. The van der Waals surface area contributed by atoms with Crippen molar-refractivity contribution >= 4 is 29.4 Å². The Morgan fingerprint density at radius 1 is 0.800 bits per heavy atom. The number of amides is 4. The van der Waals surface area contributed by atoms with Crippen molar-refractivity contribution in [2.45, 2.75) is 20.8 Å². The highest BCUT2D eigenvalue weighted by Crippen LogP contribution is 2.12. The van der Waals surface area contributed by atoms with Crippen molar-refractivity contribution in [3.05, 3.63) is 59.7 Å². The number of hydroxylamine groups is 2. The Balaban J connectivity index is 2.00. The summed E-state index contributed by atoms with van der Waals surface area (Å²) in [6, 6.07) is 13.1. The zero-order chi connectivity index (χ0) is 18.4. The van der Waals surface area contributed by atoms with Gasteiger partial charge in [-0.2, -0.15) is 0 Å². The van der Waals surface area contributed by atoms with E-state index in [1.54, 1.807) is 36.4 Å². The van der Waals surface area contributed by atoms with Gasteiger partial charge in [-0.05, 0) is 38.1 Å². The first-order chi connectivity index (χ1) is 11.8. The van der Waals surface area contributed by atoms with Gasteiger partial charge in [0.25, 0.3) is 5.91 Å². The van der Waals surface area contributed by atoms with E-state index in [9.17, 15) is 14.4 Å². The molecule has 2 aromatic carbocycles. The third kappa shape index (κ3) is 5.35. The molecule has 2 aromatic rings. The van der Waals surface area contributed by atoms with Crippen LogP contribution < -0.4 is 10.6 Å². The van der Waals surface area contributed by atoms with Crippen molar-refractivity contribution < 1.29 is 19.2 Å². The van der Waals surface area contributed by atoms with E-state index in [2.05, 4.69) is 10.6 Å². The molecule has 0 aliphatic rings. The largest absolute Gasteiger partial charge is 0.436 e. The zero-order valence-corrected chi connectivity index (χ0v) is 14.2. The van der Waals surface area contributed by atoms with E-state index in [0.717, 1.165) is 18.1 Å². The smallest absolute Gasteiger partial charge is 0.309 e. The first-order valence-electron chi connectivity index (χ1n) is 7.59. The number of carbonyl (C=O) groups excluding carboxylic acids is 3. The van der Waals surface area contributed by atoms with Gasteiger partial charge in [-0.3, -0.25) is 10.1 Å². The predicted molar refractivity (Wildman–Crippen MR) is 94.0 cm³/mol. The minimum Gasteiger partial charge on any atom is -0.309 e. The molecule has 7 heteroatoms. The lowest BCUT2D eigenvalue weighted by Gasteiger charge is -2.18. The lowest BCUT2D eigenvalue weighted by molar-refractivity contribution is -0.148. The quantitative estimate of drug-likeness (QED) is 0.812. The molecule has 25 heavy (non-hydrogen) atoms. The van der Waals surface area contributed by atoms with Crippen molar-refractivity contribution in [3.8, 4) is 0 Å². The molecule has 7 nitrogen and oxygen atoms in total. The molecule has 2 N–H and O–H groups in total.